The van der Waals surface area contributed by atoms with Crippen molar-refractivity contribution in [1.82, 2.24) is 25.4 Å². The van der Waals surface area contributed by atoms with Crippen molar-refractivity contribution in [2.75, 3.05) is 25.4 Å². The summed E-state index contributed by atoms with van der Waals surface area (Å²) in [5.74, 6) is 0.840. The number of aromatic amines is 1. The van der Waals surface area contributed by atoms with Gasteiger partial charge >= 0.3 is 6.03 Å². The number of amides is 2. The van der Waals surface area contributed by atoms with Crippen LogP contribution in [0.3, 0.4) is 0 Å². The summed E-state index contributed by atoms with van der Waals surface area (Å²) < 4.78 is 0. The quantitative estimate of drug-likeness (QED) is 0.623. The van der Waals surface area contributed by atoms with Crippen LogP contribution in [0.25, 0.3) is 11.1 Å². The number of nitrogen functional groups attached to an aromatic ring is 1. The van der Waals surface area contributed by atoms with Crippen molar-refractivity contribution in [2.45, 2.75) is 25.2 Å². The maximum atomic E-state index is 12.5. The number of urea groups is 1. The van der Waals surface area contributed by atoms with Crippen LogP contribution in [0.1, 0.15) is 30.0 Å². The van der Waals surface area contributed by atoms with Crippen molar-refractivity contribution in [3.05, 3.63) is 66.1 Å². The first-order valence-electron chi connectivity index (χ1n) is 10.0. The fraction of sp³-hybridized carbons (Fsp3) is 0.318. The summed E-state index contributed by atoms with van der Waals surface area (Å²) in [6, 6.07) is 14.0. The van der Waals surface area contributed by atoms with Crippen molar-refractivity contribution >= 4 is 11.8 Å². The number of H-pyrrole nitrogens is 1. The molecule has 0 unspecified atom stereocenters. The van der Waals surface area contributed by atoms with E-state index in [4.69, 9.17) is 5.73 Å². The van der Waals surface area contributed by atoms with Crippen LogP contribution in [-0.2, 0) is 6.42 Å². The van der Waals surface area contributed by atoms with Gasteiger partial charge in [0.15, 0.2) is 0 Å². The summed E-state index contributed by atoms with van der Waals surface area (Å²) in [4.78, 5) is 18.4. The topological polar surface area (TPSA) is 99.9 Å². The minimum atomic E-state index is 0.0196. The van der Waals surface area contributed by atoms with Gasteiger partial charge in [0.2, 0.25) is 0 Å². The number of carbonyl (C=O) groups is 1. The first-order chi connectivity index (χ1) is 14.2. The summed E-state index contributed by atoms with van der Waals surface area (Å²) in [6.07, 6.45) is 6.20. The number of aromatic nitrogens is 3. The zero-order chi connectivity index (χ0) is 20.1. The Morgan fingerprint density at radius 1 is 1.21 bits per heavy atom. The fourth-order valence-corrected chi connectivity index (χ4v) is 3.89. The number of rotatable bonds is 5. The van der Waals surface area contributed by atoms with Crippen LogP contribution < -0.4 is 11.1 Å². The highest BCUT2D eigenvalue weighted by atomic mass is 16.2. The molecule has 3 aromatic rings. The van der Waals surface area contributed by atoms with Gasteiger partial charge in [0.25, 0.3) is 0 Å². The number of piperidine rings is 1. The smallest absolute Gasteiger partial charge is 0.317 e. The molecular formula is C22H26N6O. The summed E-state index contributed by atoms with van der Waals surface area (Å²) in [6.45, 7) is 2.12. The Morgan fingerprint density at radius 2 is 2.00 bits per heavy atom. The molecule has 4 N–H and O–H groups in total. The van der Waals surface area contributed by atoms with Crippen LogP contribution in [0.15, 0.2) is 54.9 Å². The molecule has 1 saturated heterocycles. The van der Waals surface area contributed by atoms with Crippen LogP contribution >= 0.6 is 0 Å². The van der Waals surface area contributed by atoms with Gasteiger partial charge < -0.3 is 16.0 Å². The van der Waals surface area contributed by atoms with E-state index < -0.39 is 0 Å². The van der Waals surface area contributed by atoms with Gasteiger partial charge in [0, 0.05) is 43.0 Å². The fourth-order valence-electron chi connectivity index (χ4n) is 3.89. The van der Waals surface area contributed by atoms with Crippen LogP contribution in [0.2, 0.25) is 0 Å². The summed E-state index contributed by atoms with van der Waals surface area (Å²) >= 11 is 0. The summed E-state index contributed by atoms with van der Waals surface area (Å²) in [7, 11) is 0. The van der Waals surface area contributed by atoms with Crippen molar-refractivity contribution in [3.63, 3.8) is 0 Å². The summed E-state index contributed by atoms with van der Waals surface area (Å²) in [5, 5.41) is 10.4. The maximum absolute atomic E-state index is 12.5. The van der Waals surface area contributed by atoms with Crippen molar-refractivity contribution in [3.8, 4) is 11.1 Å². The molecule has 2 aromatic heterocycles. The highest BCUT2D eigenvalue weighted by Gasteiger charge is 2.26. The molecule has 1 aliphatic heterocycles. The van der Waals surface area contributed by atoms with E-state index in [0.717, 1.165) is 49.2 Å². The molecule has 2 amide bonds. The number of benzene rings is 1. The SMILES string of the molecule is Nc1cc(-c2cn[nH]c2C2CCN(C(=O)NCCc3ccccc3)CC2)ccn1. The molecule has 29 heavy (non-hydrogen) atoms. The third-order valence-corrected chi connectivity index (χ3v) is 5.48. The molecule has 0 radical (unpaired) electrons. The normalized spacial score (nSPS) is 14.7. The molecule has 1 aromatic carbocycles. The second-order valence-electron chi connectivity index (χ2n) is 7.40. The zero-order valence-corrected chi connectivity index (χ0v) is 16.3. The van der Waals surface area contributed by atoms with E-state index in [-0.39, 0.29) is 6.03 Å². The molecule has 7 nitrogen and oxygen atoms in total. The Hall–Kier alpha value is -3.35. The highest BCUT2D eigenvalue weighted by Crippen LogP contribution is 2.34. The average molecular weight is 390 g/mol. The number of anilines is 1. The standard InChI is InChI=1S/C22H26N6O/c23-20-14-18(7-11-24-20)19-15-26-27-21(19)17-8-12-28(13-9-17)22(29)25-10-6-16-4-2-1-3-5-16/h1-5,7,11,14-15,17H,6,8-10,12-13H2,(H2,23,24)(H,25,29)(H,26,27). The van der Waals surface area contributed by atoms with E-state index in [2.05, 4.69) is 32.6 Å². The van der Waals surface area contributed by atoms with E-state index in [0.29, 0.717) is 18.3 Å². The maximum Gasteiger partial charge on any atom is 0.317 e. The number of nitrogens with zero attached hydrogens (tertiary/aromatic N) is 3. The molecule has 0 spiro atoms. The van der Waals surface area contributed by atoms with E-state index in [1.54, 1.807) is 6.20 Å². The van der Waals surface area contributed by atoms with Crippen LogP contribution in [-0.4, -0.2) is 45.7 Å². The average Bonchev–Trinajstić information content (AvgIpc) is 3.24. The molecule has 0 bridgehead atoms. The minimum absolute atomic E-state index is 0.0196. The van der Waals surface area contributed by atoms with E-state index >= 15 is 0 Å². The van der Waals surface area contributed by atoms with Gasteiger partial charge in [-0.2, -0.15) is 5.10 Å². The van der Waals surface area contributed by atoms with Crippen LogP contribution in [0.4, 0.5) is 10.6 Å². The van der Waals surface area contributed by atoms with Gasteiger partial charge in [-0.15, -0.1) is 0 Å². The lowest BCUT2D eigenvalue weighted by Gasteiger charge is -2.32. The molecule has 4 rings (SSSR count). The number of carbonyl (C=O) groups excluding carboxylic acids is 1. The second-order valence-corrected chi connectivity index (χ2v) is 7.40. The lowest BCUT2D eigenvalue weighted by Crippen LogP contribution is -2.44. The molecular weight excluding hydrogens is 364 g/mol. The predicted molar refractivity (Wildman–Crippen MR) is 113 cm³/mol. The Morgan fingerprint density at radius 3 is 2.76 bits per heavy atom. The first kappa shape index (κ1) is 19.0. The zero-order valence-electron chi connectivity index (χ0n) is 16.3. The lowest BCUT2D eigenvalue weighted by atomic mass is 9.90. The Kier molecular flexibility index (Phi) is 5.74. The van der Waals surface area contributed by atoms with Crippen LogP contribution in [0, 0.1) is 0 Å². The Labute approximate surface area is 170 Å². The number of nitrogens with one attached hydrogen (secondary N) is 2. The number of pyridine rings is 1. The van der Waals surface area contributed by atoms with Gasteiger partial charge in [-0.05, 0) is 42.5 Å². The lowest BCUT2D eigenvalue weighted by molar-refractivity contribution is 0.181. The molecule has 3 heterocycles. The van der Waals surface area contributed by atoms with Crippen molar-refractivity contribution in [2.24, 2.45) is 0 Å². The summed E-state index contributed by atoms with van der Waals surface area (Å²) in [5.41, 5.74) is 10.2. The van der Waals surface area contributed by atoms with E-state index in [1.165, 1.54) is 5.56 Å². The second kappa shape index (κ2) is 8.77. The number of nitrogens with two attached hydrogens (primary N) is 1. The van der Waals surface area contributed by atoms with E-state index in [1.807, 2.05) is 41.4 Å². The third-order valence-electron chi connectivity index (χ3n) is 5.48. The number of hydrogen-bond donors (Lipinski definition) is 3. The van der Waals surface area contributed by atoms with Gasteiger partial charge in [-0.1, -0.05) is 30.3 Å². The third kappa shape index (κ3) is 4.56. The Balaban J connectivity index is 1.31. The molecule has 1 fully saturated rings. The molecule has 0 aliphatic carbocycles. The highest BCUT2D eigenvalue weighted by molar-refractivity contribution is 5.74. The van der Waals surface area contributed by atoms with Gasteiger partial charge in [-0.3, -0.25) is 5.10 Å². The van der Waals surface area contributed by atoms with Crippen molar-refractivity contribution < 1.29 is 4.79 Å². The van der Waals surface area contributed by atoms with Gasteiger partial charge in [-0.25, -0.2) is 9.78 Å². The molecule has 0 saturated carbocycles. The largest absolute Gasteiger partial charge is 0.384 e. The molecule has 7 heteroatoms. The van der Waals surface area contributed by atoms with Crippen LogP contribution in [0.5, 0.6) is 0 Å². The van der Waals surface area contributed by atoms with Gasteiger partial charge in [0.05, 0.1) is 6.20 Å². The monoisotopic (exact) mass is 390 g/mol. The number of hydrogen-bond acceptors (Lipinski definition) is 4. The molecule has 150 valence electrons. The predicted octanol–water partition coefficient (Wildman–Crippen LogP) is 3.19. The molecule has 1 aliphatic rings. The molecule has 0 atom stereocenters. The Bertz CT molecular complexity index is 947. The van der Waals surface area contributed by atoms with E-state index in [9.17, 15) is 4.79 Å². The first-order valence-corrected chi connectivity index (χ1v) is 10.0. The minimum Gasteiger partial charge on any atom is -0.384 e. The van der Waals surface area contributed by atoms with Crippen molar-refractivity contribution in [1.29, 1.82) is 0 Å². The number of likely N-dealkylation sites (tertiary alicyclic amines) is 1. The van der Waals surface area contributed by atoms with Gasteiger partial charge in [0.1, 0.15) is 5.82 Å².